The summed E-state index contributed by atoms with van der Waals surface area (Å²) in [6.07, 6.45) is 0. The van der Waals surface area contributed by atoms with Gasteiger partial charge in [-0.05, 0) is 6.92 Å². The third-order valence-electron chi connectivity index (χ3n) is 2.16. The largest absolute Gasteiger partial charge is 0.358 e. The number of piperazine rings is 1. The maximum atomic E-state index is 11.3. The summed E-state index contributed by atoms with van der Waals surface area (Å²) >= 11 is 0. The quantitative estimate of drug-likeness (QED) is 0.553. The van der Waals surface area contributed by atoms with Crippen LogP contribution in [0.2, 0.25) is 0 Å². The van der Waals surface area contributed by atoms with E-state index >= 15 is 0 Å². The Morgan fingerprint density at radius 2 is 2.46 bits per heavy atom. The first-order chi connectivity index (χ1) is 6.15. The first-order valence-electron chi connectivity index (χ1n) is 4.36. The molecule has 74 valence electrons. The minimum Gasteiger partial charge on any atom is -0.358 e. The van der Waals surface area contributed by atoms with Gasteiger partial charge in [0, 0.05) is 19.6 Å². The molecule has 1 heterocycles. The van der Waals surface area contributed by atoms with Crippen molar-refractivity contribution in [3.05, 3.63) is 0 Å². The molecule has 0 unspecified atom stereocenters. The molecule has 0 bridgehead atoms. The van der Waals surface area contributed by atoms with Crippen molar-refractivity contribution >= 4 is 11.8 Å². The van der Waals surface area contributed by atoms with Crippen molar-refractivity contribution in [2.75, 3.05) is 26.7 Å². The van der Waals surface area contributed by atoms with Crippen LogP contribution in [0, 0.1) is 0 Å². The van der Waals surface area contributed by atoms with Crippen LogP contribution in [0.5, 0.6) is 0 Å². The fraction of sp³-hybridized carbons (Fsp3) is 0.750. The van der Waals surface area contributed by atoms with E-state index in [0.29, 0.717) is 6.54 Å². The number of rotatable bonds is 2. The van der Waals surface area contributed by atoms with Crippen LogP contribution >= 0.6 is 0 Å². The Labute approximate surface area is 77.5 Å². The van der Waals surface area contributed by atoms with E-state index in [1.807, 2.05) is 6.92 Å². The van der Waals surface area contributed by atoms with E-state index in [1.165, 1.54) is 0 Å². The number of likely N-dealkylation sites (N-methyl/N-ethyl adjacent to an activating group) is 1. The second kappa shape index (κ2) is 4.23. The number of carbonyl (C=O) groups is 2. The summed E-state index contributed by atoms with van der Waals surface area (Å²) in [6.45, 7) is 3.18. The van der Waals surface area contributed by atoms with Gasteiger partial charge in [0.25, 0.3) is 0 Å². The number of nitrogens with one attached hydrogen (secondary N) is 2. The normalized spacial score (nSPS) is 23.1. The van der Waals surface area contributed by atoms with Crippen LogP contribution in [0.1, 0.15) is 6.92 Å². The molecule has 13 heavy (non-hydrogen) atoms. The standard InChI is InChI=1S/C8H15N3O2/c1-6-3-10-4-8(13)11(6)5-7(12)9-2/h6,10H,3-5H2,1-2H3,(H,9,12)/t6-/m0/s1. The molecular weight excluding hydrogens is 170 g/mol. The predicted molar refractivity (Wildman–Crippen MR) is 48.1 cm³/mol. The SMILES string of the molecule is CNC(=O)CN1C(=O)CNC[C@@H]1C. The zero-order valence-corrected chi connectivity index (χ0v) is 7.96. The monoisotopic (exact) mass is 185 g/mol. The van der Waals surface area contributed by atoms with E-state index < -0.39 is 0 Å². The Balaban J connectivity index is 2.53. The average Bonchev–Trinajstić information content (AvgIpc) is 2.11. The maximum absolute atomic E-state index is 11.3. The number of hydrogen-bond donors (Lipinski definition) is 2. The van der Waals surface area contributed by atoms with E-state index in [0.717, 1.165) is 6.54 Å². The molecule has 0 radical (unpaired) electrons. The summed E-state index contributed by atoms with van der Waals surface area (Å²) in [5.41, 5.74) is 0. The van der Waals surface area contributed by atoms with E-state index in [-0.39, 0.29) is 24.4 Å². The van der Waals surface area contributed by atoms with Crippen LogP contribution in [0.25, 0.3) is 0 Å². The highest BCUT2D eigenvalue weighted by atomic mass is 16.2. The van der Waals surface area contributed by atoms with Crippen molar-refractivity contribution in [2.24, 2.45) is 0 Å². The molecule has 1 fully saturated rings. The van der Waals surface area contributed by atoms with Gasteiger partial charge >= 0.3 is 0 Å². The molecule has 0 spiro atoms. The van der Waals surface area contributed by atoms with Crippen molar-refractivity contribution in [1.82, 2.24) is 15.5 Å². The summed E-state index contributed by atoms with van der Waals surface area (Å²) in [4.78, 5) is 24.0. The highest BCUT2D eigenvalue weighted by Crippen LogP contribution is 2.02. The molecule has 0 aromatic carbocycles. The summed E-state index contributed by atoms with van der Waals surface area (Å²) < 4.78 is 0. The number of carbonyl (C=O) groups excluding carboxylic acids is 2. The molecule has 1 atom stereocenters. The van der Waals surface area contributed by atoms with Crippen LogP contribution in [-0.4, -0.2) is 49.4 Å². The van der Waals surface area contributed by atoms with Gasteiger partial charge in [0.1, 0.15) is 0 Å². The molecule has 5 nitrogen and oxygen atoms in total. The minimum absolute atomic E-state index is 0.0117. The van der Waals surface area contributed by atoms with Crippen molar-refractivity contribution in [3.63, 3.8) is 0 Å². The van der Waals surface area contributed by atoms with Crippen LogP contribution in [0.4, 0.5) is 0 Å². The highest BCUT2D eigenvalue weighted by Gasteiger charge is 2.25. The second-order valence-electron chi connectivity index (χ2n) is 3.17. The van der Waals surface area contributed by atoms with Gasteiger partial charge in [-0.3, -0.25) is 9.59 Å². The molecule has 1 aliphatic heterocycles. The molecular formula is C8H15N3O2. The van der Waals surface area contributed by atoms with E-state index in [1.54, 1.807) is 11.9 Å². The van der Waals surface area contributed by atoms with Crippen LogP contribution in [0.15, 0.2) is 0 Å². The lowest BCUT2D eigenvalue weighted by Crippen LogP contribution is -2.55. The zero-order chi connectivity index (χ0) is 9.84. The Morgan fingerprint density at radius 1 is 1.77 bits per heavy atom. The van der Waals surface area contributed by atoms with Crippen molar-refractivity contribution in [1.29, 1.82) is 0 Å². The molecule has 1 aliphatic rings. The molecule has 0 saturated carbocycles. The molecule has 2 N–H and O–H groups in total. The fourth-order valence-electron chi connectivity index (χ4n) is 1.32. The Hall–Kier alpha value is -1.10. The van der Waals surface area contributed by atoms with Gasteiger partial charge in [0.2, 0.25) is 11.8 Å². The van der Waals surface area contributed by atoms with Gasteiger partial charge in [-0.1, -0.05) is 0 Å². The van der Waals surface area contributed by atoms with Gasteiger partial charge in [-0.15, -0.1) is 0 Å². The number of nitrogens with zero attached hydrogens (tertiary/aromatic N) is 1. The molecule has 5 heteroatoms. The summed E-state index contributed by atoms with van der Waals surface area (Å²) in [5.74, 6) is -0.135. The van der Waals surface area contributed by atoms with E-state index in [9.17, 15) is 9.59 Å². The van der Waals surface area contributed by atoms with Gasteiger partial charge in [0.05, 0.1) is 13.1 Å². The first-order valence-corrected chi connectivity index (χ1v) is 4.36. The Kier molecular flexibility index (Phi) is 3.25. The molecule has 0 aliphatic carbocycles. The molecule has 1 rings (SSSR count). The maximum Gasteiger partial charge on any atom is 0.239 e. The molecule has 2 amide bonds. The van der Waals surface area contributed by atoms with Gasteiger partial charge < -0.3 is 15.5 Å². The Morgan fingerprint density at radius 3 is 3.00 bits per heavy atom. The third kappa shape index (κ3) is 2.42. The van der Waals surface area contributed by atoms with Gasteiger partial charge in [-0.2, -0.15) is 0 Å². The van der Waals surface area contributed by atoms with Crippen molar-refractivity contribution in [3.8, 4) is 0 Å². The summed E-state index contributed by atoms with van der Waals surface area (Å²) in [7, 11) is 1.57. The number of amides is 2. The predicted octanol–water partition coefficient (Wildman–Crippen LogP) is -1.45. The second-order valence-corrected chi connectivity index (χ2v) is 3.17. The van der Waals surface area contributed by atoms with E-state index in [2.05, 4.69) is 10.6 Å². The smallest absolute Gasteiger partial charge is 0.239 e. The van der Waals surface area contributed by atoms with Crippen LogP contribution in [0.3, 0.4) is 0 Å². The van der Waals surface area contributed by atoms with Crippen LogP contribution < -0.4 is 10.6 Å². The molecule has 0 aromatic heterocycles. The lowest BCUT2D eigenvalue weighted by molar-refractivity contribution is -0.139. The topological polar surface area (TPSA) is 61.4 Å². The summed E-state index contributed by atoms with van der Waals surface area (Å²) in [5, 5.41) is 5.48. The lowest BCUT2D eigenvalue weighted by atomic mass is 10.2. The third-order valence-corrected chi connectivity index (χ3v) is 2.16. The highest BCUT2D eigenvalue weighted by molar-refractivity contribution is 5.86. The van der Waals surface area contributed by atoms with Crippen LogP contribution in [-0.2, 0) is 9.59 Å². The zero-order valence-electron chi connectivity index (χ0n) is 7.96. The van der Waals surface area contributed by atoms with E-state index in [4.69, 9.17) is 0 Å². The van der Waals surface area contributed by atoms with Crippen molar-refractivity contribution in [2.45, 2.75) is 13.0 Å². The first kappa shape index (κ1) is 9.98. The Bertz CT molecular complexity index is 217. The fourth-order valence-corrected chi connectivity index (χ4v) is 1.32. The van der Waals surface area contributed by atoms with Gasteiger partial charge in [0.15, 0.2) is 0 Å². The minimum atomic E-state index is -0.123. The van der Waals surface area contributed by atoms with Gasteiger partial charge in [-0.25, -0.2) is 0 Å². The molecule has 1 saturated heterocycles. The molecule has 0 aromatic rings. The number of hydrogen-bond acceptors (Lipinski definition) is 3. The lowest BCUT2D eigenvalue weighted by Gasteiger charge is -2.33. The average molecular weight is 185 g/mol. The van der Waals surface area contributed by atoms with Crippen molar-refractivity contribution < 1.29 is 9.59 Å². The summed E-state index contributed by atoms with van der Waals surface area (Å²) in [6, 6.07) is 0.0959.